The molecule has 1 aliphatic rings. The SMILES string of the molecule is COc1cc(C(=O)N2CCOC(CCl)C2)ccc1C. The molecule has 104 valence electrons. The van der Waals surface area contributed by atoms with Gasteiger partial charge in [0.1, 0.15) is 5.75 Å². The first-order valence-corrected chi connectivity index (χ1v) is 6.80. The average Bonchev–Trinajstić information content (AvgIpc) is 2.47. The number of aryl methyl sites for hydroxylation is 1. The van der Waals surface area contributed by atoms with Gasteiger partial charge in [-0.05, 0) is 24.6 Å². The molecular weight excluding hydrogens is 266 g/mol. The smallest absolute Gasteiger partial charge is 0.254 e. The maximum absolute atomic E-state index is 12.4. The summed E-state index contributed by atoms with van der Waals surface area (Å²) in [4.78, 5) is 14.2. The Morgan fingerprint density at radius 1 is 1.58 bits per heavy atom. The molecule has 1 aliphatic heterocycles. The quantitative estimate of drug-likeness (QED) is 0.798. The van der Waals surface area contributed by atoms with Crippen molar-refractivity contribution < 1.29 is 14.3 Å². The second-order valence-corrected chi connectivity index (χ2v) is 4.89. The van der Waals surface area contributed by atoms with E-state index in [2.05, 4.69) is 0 Å². The van der Waals surface area contributed by atoms with Gasteiger partial charge in [-0.3, -0.25) is 4.79 Å². The van der Waals surface area contributed by atoms with E-state index in [1.807, 2.05) is 19.1 Å². The Labute approximate surface area is 118 Å². The fraction of sp³-hybridized carbons (Fsp3) is 0.500. The number of rotatable bonds is 3. The number of morpholine rings is 1. The van der Waals surface area contributed by atoms with Gasteiger partial charge in [-0.15, -0.1) is 11.6 Å². The fourth-order valence-electron chi connectivity index (χ4n) is 2.13. The van der Waals surface area contributed by atoms with Crippen LogP contribution >= 0.6 is 11.6 Å². The van der Waals surface area contributed by atoms with E-state index in [1.165, 1.54) is 0 Å². The molecule has 0 radical (unpaired) electrons. The molecule has 19 heavy (non-hydrogen) atoms. The average molecular weight is 284 g/mol. The Bertz CT molecular complexity index is 464. The lowest BCUT2D eigenvalue weighted by Gasteiger charge is -2.32. The number of hydrogen-bond acceptors (Lipinski definition) is 3. The molecule has 0 aliphatic carbocycles. The molecular formula is C14H18ClNO3. The van der Waals surface area contributed by atoms with E-state index >= 15 is 0 Å². The number of carbonyl (C=O) groups is 1. The third kappa shape index (κ3) is 3.19. The Morgan fingerprint density at radius 3 is 3.05 bits per heavy atom. The molecule has 1 aromatic carbocycles. The van der Waals surface area contributed by atoms with Crippen LogP contribution < -0.4 is 4.74 Å². The van der Waals surface area contributed by atoms with E-state index in [-0.39, 0.29) is 12.0 Å². The first-order chi connectivity index (χ1) is 9.15. The van der Waals surface area contributed by atoms with E-state index in [9.17, 15) is 4.79 Å². The van der Waals surface area contributed by atoms with Gasteiger partial charge in [0.2, 0.25) is 0 Å². The van der Waals surface area contributed by atoms with Crippen LogP contribution in [0.25, 0.3) is 0 Å². The third-order valence-electron chi connectivity index (χ3n) is 3.25. The highest BCUT2D eigenvalue weighted by Crippen LogP contribution is 2.20. The molecule has 5 heteroatoms. The monoisotopic (exact) mass is 283 g/mol. The van der Waals surface area contributed by atoms with Gasteiger partial charge in [-0.1, -0.05) is 6.07 Å². The lowest BCUT2D eigenvalue weighted by molar-refractivity contribution is -0.0108. The fourth-order valence-corrected chi connectivity index (χ4v) is 2.32. The van der Waals surface area contributed by atoms with Crippen LogP contribution in [-0.2, 0) is 4.74 Å². The first-order valence-electron chi connectivity index (χ1n) is 6.27. The summed E-state index contributed by atoms with van der Waals surface area (Å²) >= 11 is 5.78. The van der Waals surface area contributed by atoms with Gasteiger partial charge in [0.25, 0.3) is 5.91 Å². The predicted octanol–water partition coefficient (Wildman–Crippen LogP) is 2.08. The van der Waals surface area contributed by atoms with Crippen LogP contribution in [0.4, 0.5) is 0 Å². The van der Waals surface area contributed by atoms with Crippen LogP contribution in [0.1, 0.15) is 15.9 Å². The van der Waals surface area contributed by atoms with E-state index in [0.717, 1.165) is 11.3 Å². The van der Waals surface area contributed by atoms with Crippen molar-refractivity contribution in [1.29, 1.82) is 0 Å². The van der Waals surface area contributed by atoms with Gasteiger partial charge in [-0.25, -0.2) is 0 Å². The van der Waals surface area contributed by atoms with Gasteiger partial charge < -0.3 is 14.4 Å². The minimum atomic E-state index is -0.0771. The lowest BCUT2D eigenvalue weighted by Crippen LogP contribution is -2.46. The number of alkyl halides is 1. The summed E-state index contributed by atoms with van der Waals surface area (Å²) in [6.07, 6.45) is -0.0771. The highest BCUT2D eigenvalue weighted by molar-refractivity contribution is 6.18. The molecule has 1 amide bonds. The van der Waals surface area contributed by atoms with Crippen molar-refractivity contribution in [3.05, 3.63) is 29.3 Å². The number of amides is 1. The number of halogens is 1. The topological polar surface area (TPSA) is 38.8 Å². The van der Waals surface area contributed by atoms with Gasteiger partial charge in [0.05, 0.1) is 25.7 Å². The number of nitrogens with zero attached hydrogens (tertiary/aromatic N) is 1. The lowest BCUT2D eigenvalue weighted by atomic mass is 10.1. The van der Waals surface area contributed by atoms with Gasteiger partial charge >= 0.3 is 0 Å². The maximum Gasteiger partial charge on any atom is 0.254 e. The number of carbonyl (C=O) groups excluding carboxylic acids is 1. The summed E-state index contributed by atoms with van der Waals surface area (Å²) in [5.41, 5.74) is 1.65. The molecule has 0 spiro atoms. The molecule has 0 aromatic heterocycles. The van der Waals surface area contributed by atoms with Crippen molar-refractivity contribution in [2.24, 2.45) is 0 Å². The van der Waals surface area contributed by atoms with Crippen molar-refractivity contribution in [3.63, 3.8) is 0 Å². The van der Waals surface area contributed by atoms with Crippen LogP contribution in [0.5, 0.6) is 5.75 Å². The van der Waals surface area contributed by atoms with Crippen LogP contribution in [0.3, 0.4) is 0 Å². The molecule has 2 rings (SSSR count). The molecule has 1 heterocycles. The standard InChI is InChI=1S/C14H18ClNO3/c1-10-3-4-11(7-13(10)18-2)14(17)16-5-6-19-12(8-15)9-16/h3-4,7,12H,5-6,8-9H2,1-2H3. The normalized spacial score (nSPS) is 19.3. The second-order valence-electron chi connectivity index (χ2n) is 4.58. The zero-order valence-electron chi connectivity index (χ0n) is 11.2. The van der Waals surface area contributed by atoms with Crippen molar-refractivity contribution in [2.75, 3.05) is 32.7 Å². The summed E-state index contributed by atoms with van der Waals surface area (Å²) in [5, 5.41) is 0. The summed E-state index contributed by atoms with van der Waals surface area (Å²) in [6, 6.07) is 5.50. The minimum absolute atomic E-state index is 0.00304. The Balaban J connectivity index is 2.14. The number of ether oxygens (including phenoxy) is 2. The van der Waals surface area contributed by atoms with Crippen LogP contribution in [-0.4, -0.2) is 49.6 Å². The van der Waals surface area contributed by atoms with Crippen molar-refractivity contribution in [3.8, 4) is 5.75 Å². The molecule has 0 bridgehead atoms. The summed E-state index contributed by atoms with van der Waals surface area (Å²) in [7, 11) is 1.61. The summed E-state index contributed by atoms with van der Waals surface area (Å²) < 4.78 is 10.7. The molecule has 4 nitrogen and oxygen atoms in total. The molecule has 1 saturated heterocycles. The van der Waals surface area contributed by atoms with Crippen molar-refractivity contribution in [2.45, 2.75) is 13.0 Å². The Kier molecular flexibility index (Phi) is 4.66. The van der Waals surface area contributed by atoms with Crippen molar-refractivity contribution >= 4 is 17.5 Å². The zero-order chi connectivity index (χ0) is 13.8. The number of benzene rings is 1. The van der Waals surface area contributed by atoms with E-state index in [4.69, 9.17) is 21.1 Å². The first kappa shape index (κ1) is 14.2. The Hall–Kier alpha value is -1.26. The molecule has 1 fully saturated rings. The van der Waals surface area contributed by atoms with E-state index in [1.54, 1.807) is 18.1 Å². The third-order valence-corrected chi connectivity index (χ3v) is 3.60. The molecule has 0 saturated carbocycles. The zero-order valence-corrected chi connectivity index (χ0v) is 11.9. The van der Waals surface area contributed by atoms with Crippen LogP contribution in [0.2, 0.25) is 0 Å². The molecule has 1 aromatic rings. The van der Waals surface area contributed by atoms with Crippen LogP contribution in [0, 0.1) is 6.92 Å². The molecule has 1 unspecified atom stereocenters. The van der Waals surface area contributed by atoms with E-state index in [0.29, 0.717) is 31.1 Å². The minimum Gasteiger partial charge on any atom is -0.496 e. The van der Waals surface area contributed by atoms with Gasteiger partial charge in [-0.2, -0.15) is 0 Å². The number of methoxy groups -OCH3 is 1. The van der Waals surface area contributed by atoms with Gasteiger partial charge in [0.15, 0.2) is 0 Å². The van der Waals surface area contributed by atoms with Crippen LogP contribution in [0.15, 0.2) is 18.2 Å². The predicted molar refractivity (Wildman–Crippen MR) is 74.1 cm³/mol. The highest BCUT2D eigenvalue weighted by atomic mass is 35.5. The second kappa shape index (κ2) is 6.26. The van der Waals surface area contributed by atoms with Crippen molar-refractivity contribution in [1.82, 2.24) is 4.90 Å². The highest BCUT2D eigenvalue weighted by Gasteiger charge is 2.24. The number of hydrogen-bond donors (Lipinski definition) is 0. The van der Waals surface area contributed by atoms with Gasteiger partial charge in [0, 0.05) is 18.7 Å². The van der Waals surface area contributed by atoms with E-state index < -0.39 is 0 Å². The summed E-state index contributed by atoms with van der Waals surface area (Å²) in [5.74, 6) is 1.13. The molecule has 0 N–H and O–H groups in total. The maximum atomic E-state index is 12.4. The summed E-state index contributed by atoms with van der Waals surface area (Å²) in [6.45, 7) is 3.62. The molecule has 1 atom stereocenters. The Morgan fingerprint density at radius 2 is 2.37 bits per heavy atom. The largest absolute Gasteiger partial charge is 0.496 e.